The Kier molecular flexibility index (Phi) is 5.48. The van der Waals surface area contributed by atoms with Gasteiger partial charge in [0.2, 0.25) is 0 Å². The van der Waals surface area contributed by atoms with Crippen LogP contribution in [0.1, 0.15) is 19.8 Å². The fourth-order valence-corrected chi connectivity index (χ4v) is 2.14. The summed E-state index contributed by atoms with van der Waals surface area (Å²) in [4.78, 5) is 11.1. The average molecular weight is 248 g/mol. The van der Waals surface area contributed by atoms with Gasteiger partial charge in [0.15, 0.2) is 0 Å². The molecule has 1 aliphatic rings. The summed E-state index contributed by atoms with van der Waals surface area (Å²) in [7, 11) is 0. The van der Waals surface area contributed by atoms with Gasteiger partial charge in [-0.3, -0.25) is 0 Å². The van der Waals surface area contributed by atoms with Crippen molar-refractivity contribution in [1.29, 1.82) is 0 Å². The van der Waals surface area contributed by atoms with Gasteiger partial charge in [0.25, 0.3) is 0 Å². The maximum absolute atomic E-state index is 11.1. The number of aliphatic hydroxyl groups excluding tert-OH is 4. The highest BCUT2D eigenvalue weighted by molar-refractivity contribution is 5.75. The van der Waals surface area contributed by atoms with Gasteiger partial charge in [-0.25, -0.2) is 0 Å². The van der Waals surface area contributed by atoms with Crippen molar-refractivity contribution in [1.82, 2.24) is 0 Å². The van der Waals surface area contributed by atoms with Gasteiger partial charge in [-0.1, -0.05) is 0 Å². The minimum absolute atomic E-state index is 0.0844. The lowest BCUT2D eigenvalue weighted by Gasteiger charge is -2.38. The lowest BCUT2D eigenvalue weighted by atomic mass is 9.83. The summed E-state index contributed by atoms with van der Waals surface area (Å²) in [5, 5.41) is 37.7. The van der Waals surface area contributed by atoms with Crippen molar-refractivity contribution in [2.75, 3.05) is 13.2 Å². The van der Waals surface area contributed by atoms with Crippen molar-refractivity contribution in [2.45, 2.75) is 44.2 Å². The summed E-state index contributed by atoms with van der Waals surface area (Å²) in [5.41, 5.74) is 0. The van der Waals surface area contributed by atoms with E-state index < -0.39 is 36.9 Å². The van der Waals surface area contributed by atoms with E-state index in [1.54, 1.807) is 0 Å². The number of Topliss-reactive ketones (excluding diaryl/α,β-unsaturated/α-hetero) is 1. The van der Waals surface area contributed by atoms with E-state index in [-0.39, 0.29) is 18.8 Å². The normalized spacial score (nSPS) is 33.1. The van der Waals surface area contributed by atoms with Crippen molar-refractivity contribution in [3.8, 4) is 0 Å². The fourth-order valence-electron chi connectivity index (χ4n) is 2.14. The third-order valence-corrected chi connectivity index (χ3v) is 3.08. The summed E-state index contributed by atoms with van der Waals surface area (Å²) < 4.78 is 5.31. The van der Waals surface area contributed by atoms with Crippen LogP contribution in [0.4, 0.5) is 0 Å². The quantitative estimate of drug-likeness (QED) is 0.469. The lowest BCUT2D eigenvalue weighted by molar-refractivity contribution is -0.169. The van der Waals surface area contributed by atoms with Crippen LogP contribution in [0.5, 0.6) is 0 Å². The minimum atomic E-state index is -1.33. The van der Waals surface area contributed by atoms with E-state index in [0.717, 1.165) is 0 Å². The van der Waals surface area contributed by atoms with Crippen molar-refractivity contribution < 1.29 is 30.0 Å². The zero-order valence-corrected chi connectivity index (χ0v) is 9.82. The maximum atomic E-state index is 11.1. The predicted molar refractivity (Wildman–Crippen MR) is 58.3 cm³/mol. The molecule has 0 saturated carbocycles. The van der Waals surface area contributed by atoms with Gasteiger partial charge < -0.3 is 30.0 Å². The van der Waals surface area contributed by atoms with Gasteiger partial charge in [0.1, 0.15) is 18.0 Å². The Bertz CT molecular complexity index is 256. The van der Waals surface area contributed by atoms with E-state index in [2.05, 4.69) is 0 Å². The molecule has 100 valence electrons. The van der Waals surface area contributed by atoms with Crippen molar-refractivity contribution >= 4 is 5.78 Å². The summed E-state index contributed by atoms with van der Waals surface area (Å²) in [6.45, 7) is 1.06. The number of ketones is 1. The number of carbonyl (C=O) groups is 1. The number of hydrogen-bond acceptors (Lipinski definition) is 6. The SMILES string of the molecule is CC(=O)CC1C(O)CCOC1C(O)C(O)CO. The van der Waals surface area contributed by atoms with Crippen molar-refractivity contribution in [2.24, 2.45) is 5.92 Å². The van der Waals surface area contributed by atoms with Crippen molar-refractivity contribution in [3.05, 3.63) is 0 Å². The monoisotopic (exact) mass is 248 g/mol. The molecular formula is C11H20O6. The molecule has 0 bridgehead atoms. The standard InChI is InChI=1S/C11H20O6/c1-6(13)4-7-8(14)2-3-17-11(7)10(16)9(15)5-12/h7-12,14-16H,2-5H2,1H3. The van der Waals surface area contributed by atoms with E-state index in [0.29, 0.717) is 6.42 Å². The Hall–Kier alpha value is -0.530. The molecule has 17 heavy (non-hydrogen) atoms. The molecule has 0 radical (unpaired) electrons. The first kappa shape index (κ1) is 14.5. The number of aliphatic hydroxyl groups is 4. The molecule has 6 nitrogen and oxygen atoms in total. The first-order valence-electron chi connectivity index (χ1n) is 5.73. The highest BCUT2D eigenvalue weighted by Crippen LogP contribution is 2.28. The van der Waals surface area contributed by atoms with E-state index in [4.69, 9.17) is 9.84 Å². The molecule has 0 aromatic rings. The molecule has 5 unspecified atom stereocenters. The van der Waals surface area contributed by atoms with E-state index in [9.17, 15) is 20.1 Å². The van der Waals surface area contributed by atoms with Gasteiger partial charge in [-0.05, 0) is 13.3 Å². The summed E-state index contributed by atoms with van der Waals surface area (Å²) >= 11 is 0. The zero-order valence-electron chi connectivity index (χ0n) is 9.82. The van der Waals surface area contributed by atoms with E-state index in [1.165, 1.54) is 6.92 Å². The molecular weight excluding hydrogens is 228 g/mol. The Labute approximate surface area is 99.8 Å². The van der Waals surface area contributed by atoms with Crippen LogP contribution in [-0.2, 0) is 9.53 Å². The van der Waals surface area contributed by atoms with Crippen LogP contribution < -0.4 is 0 Å². The van der Waals surface area contributed by atoms with Gasteiger partial charge >= 0.3 is 0 Å². The maximum Gasteiger partial charge on any atom is 0.130 e. The third kappa shape index (κ3) is 3.72. The second kappa shape index (κ2) is 6.42. The molecule has 0 aromatic heterocycles. The van der Waals surface area contributed by atoms with E-state index >= 15 is 0 Å². The largest absolute Gasteiger partial charge is 0.394 e. The fraction of sp³-hybridized carbons (Fsp3) is 0.909. The first-order chi connectivity index (χ1) is 7.97. The second-order valence-electron chi connectivity index (χ2n) is 4.50. The van der Waals surface area contributed by atoms with Crippen LogP contribution >= 0.6 is 0 Å². The van der Waals surface area contributed by atoms with Gasteiger partial charge in [0, 0.05) is 18.9 Å². The minimum Gasteiger partial charge on any atom is -0.394 e. The topological polar surface area (TPSA) is 107 Å². The number of carbonyl (C=O) groups excluding carboxylic acids is 1. The van der Waals surface area contributed by atoms with Crippen molar-refractivity contribution in [3.63, 3.8) is 0 Å². The molecule has 0 aliphatic carbocycles. The molecule has 1 fully saturated rings. The summed E-state index contributed by atoms with van der Waals surface area (Å²) in [6, 6.07) is 0. The van der Waals surface area contributed by atoms with Gasteiger partial charge in [-0.15, -0.1) is 0 Å². The smallest absolute Gasteiger partial charge is 0.130 e. The molecule has 0 amide bonds. The Morgan fingerprint density at radius 3 is 2.65 bits per heavy atom. The average Bonchev–Trinajstić information content (AvgIpc) is 2.29. The van der Waals surface area contributed by atoms with Crippen LogP contribution in [0, 0.1) is 5.92 Å². The molecule has 1 aliphatic heterocycles. The van der Waals surface area contributed by atoms with Gasteiger partial charge in [0.05, 0.1) is 18.8 Å². The van der Waals surface area contributed by atoms with Crippen LogP contribution in [0.15, 0.2) is 0 Å². The molecule has 6 heteroatoms. The molecule has 1 heterocycles. The van der Waals surface area contributed by atoms with Crippen LogP contribution in [0.25, 0.3) is 0 Å². The second-order valence-corrected chi connectivity index (χ2v) is 4.50. The molecule has 1 rings (SSSR count). The Morgan fingerprint density at radius 1 is 1.47 bits per heavy atom. The molecule has 1 saturated heterocycles. The highest BCUT2D eigenvalue weighted by atomic mass is 16.5. The van der Waals surface area contributed by atoms with Crippen LogP contribution in [-0.4, -0.2) is 63.8 Å². The third-order valence-electron chi connectivity index (χ3n) is 3.08. The first-order valence-corrected chi connectivity index (χ1v) is 5.73. The zero-order chi connectivity index (χ0) is 13.0. The Morgan fingerprint density at radius 2 is 2.12 bits per heavy atom. The highest BCUT2D eigenvalue weighted by Gasteiger charge is 2.40. The van der Waals surface area contributed by atoms with Crippen LogP contribution in [0.3, 0.4) is 0 Å². The summed E-state index contributed by atoms with van der Waals surface area (Å²) in [6.07, 6.45) is -3.72. The number of ether oxygens (including phenoxy) is 1. The predicted octanol–water partition coefficient (Wildman–Crippen LogP) is -1.55. The Balaban J connectivity index is 2.74. The van der Waals surface area contributed by atoms with E-state index in [1.807, 2.05) is 0 Å². The molecule has 4 N–H and O–H groups in total. The number of rotatable bonds is 5. The lowest BCUT2D eigenvalue weighted by Crippen LogP contribution is -2.51. The molecule has 0 aromatic carbocycles. The van der Waals surface area contributed by atoms with Crippen LogP contribution in [0.2, 0.25) is 0 Å². The molecule has 0 spiro atoms. The number of hydrogen-bond donors (Lipinski definition) is 4. The van der Waals surface area contributed by atoms with Gasteiger partial charge in [-0.2, -0.15) is 0 Å². The molecule has 5 atom stereocenters. The summed E-state index contributed by atoms with van der Waals surface area (Å²) in [5.74, 6) is -0.660.